The van der Waals surface area contributed by atoms with Crippen LogP contribution < -0.4 is 24.8 Å². The molecule has 0 aromatic heterocycles. The molecule has 1 unspecified atom stereocenters. The van der Waals surface area contributed by atoms with Gasteiger partial charge in [0.05, 0.1) is 0 Å². The Kier molecular flexibility index (Phi) is 12.3. The van der Waals surface area contributed by atoms with Crippen LogP contribution in [0.1, 0.15) is 106 Å². The summed E-state index contributed by atoms with van der Waals surface area (Å²) in [7, 11) is 0. The maximum atomic E-state index is 2.72. The Morgan fingerprint density at radius 2 is 1.08 bits per heavy atom. The van der Waals surface area contributed by atoms with Gasteiger partial charge in [-0.05, 0) is 0 Å². The number of rotatable bonds is 7. The molecular formula is C45H52Cl2Zr. The van der Waals surface area contributed by atoms with Gasteiger partial charge in [-0.25, -0.2) is 0 Å². The van der Waals surface area contributed by atoms with E-state index in [4.69, 9.17) is 0 Å². The van der Waals surface area contributed by atoms with Crippen molar-refractivity contribution in [1.82, 2.24) is 0 Å². The molecule has 0 bridgehead atoms. The zero-order valence-electron chi connectivity index (χ0n) is 30.6. The molecule has 2 aliphatic rings. The number of allylic oxidation sites excluding steroid dienone is 4. The third-order valence-corrected chi connectivity index (χ3v) is 19.1. The Hall–Kier alpha value is -2.31. The minimum Gasteiger partial charge on any atom is -1.00 e. The predicted octanol–water partition coefficient (Wildman–Crippen LogP) is 6.18. The van der Waals surface area contributed by atoms with Gasteiger partial charge in [0, 0.05) is 0 Å². The Labute approximate surface area is 311 Å². The average Bonchev–Trinajstić information content (AvgIpc) is 3.56. The van der Waals surface area contributed by atoms with Crippen LogP contribution in [0.2, 0.25) is 0 Å². The summed E-state index contributed by atoms with van der Waals surface area (Å²) in [6.07, 6.45) is 9.15. The minimum absolute atomic E-state index is 0. The van der Waals surface area contributed by atoms with E-state index in [0.29, 0.717) is 9.54 Å². The van der Waals surface area contributed by atoms with Crippen LogP contribution in [0.25, 0.3) is 11.1 Å². The molecule has 48 heavy (non-hydrogen) atoms. The first-order valence-corrected chi connectivity index (χ1v) is 21.3. The molecule has 0 nitrogen and oxygen atoms in total. The Balaban J connectivity index is 0.00000260. The van der Waals surface area contributed by atoms with E-state index in [1.807, 2.05) is 0 Å². The Morgan fingerprint density at radius 3 is 1.50 bits per heavy atom. The molecule has 2 aliphatic carbocycles. The first kappa shape index (κ1) is 38.5. The first-order chi connectivity index (χ1) is 21.9. The summed E-state index contributed by atoms with van der Waals surface area (Å²) < 4.78 is 3.86. The molecule has 0 saturated heterocycles. The average molecular weight is 755 g/mol. The second-order valence-electron chi connectivity index (χ2n) is 15.2. The van der Waals surface area contributed by atoms with E-state index < -0.39 is 21.3 Å². The molecule has 0 radical (unpaired) electrons. The van der Waals surface area contributed by atoms with Gasteiger partial charge in [0.25, 0.3) is 0 Å². The van der Waals surface area contributed by atoms with Crippen LogP contribution in [0.3, 0.4) is 0 Å². The molecule has 6 rings (SSSR count). The van der Waals surface area contributed by atoms with Gasteiger partial charge in [0.1, 0.15) is 0 Å². The number of fused-ring (bicyclic) bond motifs is 3. The zero-order valence-corrected chi connectivity index (χ0v) is 34.6. The molecule has 4 aromatic rings. The molecule has 0 aliphatic heterocycles. The number of hydrogen-bond acceptors (Lipinski definition) is 0. The Morgan fingerprint density at radius 1 is 0.646 bits per heavy atom. The van der Waals surface area contributed by atoms with Gasteiger partial charge in [0.15, 0.2) is 0 Å². The summed E-state index contributed by atoms with van der Waals surface area (Å²) in [6, 6.07) is 29.2. The molecule has 4 aromatic carbocycles. The number of halogens is 2. The summed E-state index contributed by atoms with van der Waals surface area (Å²) in [5.41, 5.74) is 18.9. The molecule has 0 saturated carbocycles. The van der Waals surface area contributed by atoms with E-state index in [1.54, 1.807) is 17.6 Å². The van der Waals surface area contributed by atoms with Crippen molar-refractivity contribution in [2.75, 3.05) is 0 Å². The van der Waals surface area contributed by atoms with Crippen LogP contribution in [0.5, 0.6) is 0 Å². The molecule has 0 amide bonds. The fourth-order valence-electron chi connectivity index (χ4n) is 7.51. The van der Waals surface area contributed by atoms with Crippen molar-refractivity contribution in [3.63, 3.8) is 0 Å². The topological polar surface area (TPSA) is 0 Å². The predicted molar refractivity (Wildman–Crippen MR) is 197 cm³/mol. The molecule has 3 heteroatoms. The fourth-order valence-corrected chi connectivity index (χ4v) is 17.1. The van der Waals surface area contributed by atoms with E-state index in [0.717, 1.165) is 0 Å². The van der Waals surface area contributed by atoms with Gasteiger partial charge in [-0.1, -0.05) is 0 Å². The van der Waals surface area contributed by atoms with Crippen molar-refractivity contribution in [2.24, 2.45) is 11.3 Å². The molecule has 0 spiro atoms. The monoisotopic (exact) mass is 752 g/mol. The molecule has 1 atom stereocenters. The third kappa shape index (κ3) is 7.41. The van der Waals surface area contributed by atoms with Gasteiger partial charge in [-0.2, -0.15) is 0 Å². The van der Waals surface area contributed by atoms with E-state index >= 15 is 0 Å². The quantitative estimate of drug-likeness (QED) is 0.212. The molecular weight excluding hydrogens is 703 g/mol. The van der Waals surface area contributed by atoms with Crippen molar-refractivity contribution >= 4 is 3.21 Å². The second-order valence-corrected chi connectivity index (χ2v) is 21.3. The summed E-state index contributed by atoms with van der Waals surface area (Å²) >= 11 is -2.87. The Bertz CT molecular complexity index is 1790. The van der Waals surface area contributed by atoms with Crippen LogP contribution >= 0.6 is 0 Å². The van der Waals surface area contributed by atoms with E-state index in [-0.39, 0.29) is 30.2 Å². The molecule has 0 N–H and O–H groups in total. The maximum absolute atomic E-state index is 2.87. The van der Waals surface area contributed by atoms with Gasteiger partial charge < -0.3 is 24.8 Å². The fraction of sp³-hybridized carbons (Fsp3) is 0.356. The van der Waals surface area contributed by atoms with Gasteiger partial charge in [0.2, 0.25) is 0 Å². The molecule has 0 heterocycles. The zero-order chi connectivity index (χ0) is 32.9. The van der Waals surface area contributed by atoms with Gasteiger partial charge in [-0.15, -0.1) is 0 Å². The molecule has 250 valence electrons. The maximum Gasteiger partial charge on any atom is -1.00 e. The van der Waals surface area contributed by atoms with Crippen LogP contribution in [-0.2, 0) is 21.3 Å². The van der Waals surface area contributed by atoms with Gasteiger partial charge >= 0.3 is 288 Å². The van der Waals surface area contributed by atoms with Crippen molar-refractivity contribution in [2.45, 2.75) is 92.1 Å². The second kappa shape index (κ2) is 15.3. The largest absolute Gasteiger partial charge is 1.00 e. The van der Waals surface area contributed by atoms with E-state index in [2.05, 4.69) is 154 Å². The summed E-state index contributed by atoms with van der Waals surface area (Å²) in [4.78, 5) is 0. The normalized spacial score (nSPS) is 15.0. The minimum atomic E-state index is -2.87. The summed E-state index contributed by atoms with van der Waals surface area (Å²) in [5.74, 6) is 0.514. The van der Waals surface area contributed by atoms with Crippen molar-refractivity contribution in [1.29, 1.82) is 0 Å². The summed E-state index contributed by atoms with van der Waals surface area (Å²) in [6.45, 7) is 23.2. The number of aryl methyl sites for hydroxylation is 6. The van der Waals surface area contributed by atoms with E-state index in [1.165, 1.54) is 80.5 Å². The standard InChI is InChI=1S/C17H17.C15H14.C13H21.2ClH.Zr/c1-10-5-14-9-15-6-11(2)13(4)8-17(15)16(14)7-12(10)3;1-12-3-7-14(8-4-12)11-15-9-5-13(2)6-10-15;1-5-6-7-11-8-9-12(10-11)13(2,3)4;;;/h5-9H,1-4H3;3-10H,1-2H3;9-11H,5-7H2,1-4H3;2*1H;/q;;;;;+2/p-2. The number of unbranched alkanes of at least 4 members (excludes halogenated alkanes) is 1. The van der Waals surface area contributed by atoms with Crippen molar-refractivity contribution in [3.05, 3.63) is 149 Å². The first-order valence-electron chi connectivity index (χ1n) is 17.4. The number of hydrogen-bond donors (Lipinski definition) is 0. The van der Waals surface area contributed by atoms with E-state index in [9.17, 15) is 0 Å². The van der Waals surface area contributed by atoms with Crippen molar-refractivity contribution < 1.29 is 46.1 Å². The van der Waals surface area contributed by atoms with Crippen LogP contribution in [0, 0.1) is 52.9 Å². The number of benzene rings is 4. The SMILES string of the molecule is CCCCC1C=C(C(C)(C)C)C=[C]1[Zr+2](=[C](c1ccc(C)cc1)c1ccc(C)cc1)[CH]1c2cc(C)c(C)cc2-c2cc(C)c(C)cc21.[Cl-].[Cl-]. The van der Waals surface area contributed by atoms with Gasteiger partial charge in [-0.3, -0.25) is 0 Å². The van der Waals surface area contributed by atoms with Crippen LogP contribution in [-0.4, -0.2) is 3.21 Å². The van der Waals surface area contributed by atoms with Crippen LogP contribution in [0.4, 0.5) is 0 Å². The summed E-state index contributed by atoms with van der Waals surface area (Å²) in [5, 5.41) is 0. The van der Waals surface area contributed by atoms with Crippen LogP contribution in [0.15, 0.2) is 93.8 Å². The smallest absolute Gasteiger partial charge is 1.00 e. The molecule has 0 fully saturated rings. The van der Waals surface area contributed by atoms with Crippen molar-refractivity contribution in [3.8, 4) is 11.1 Å². The third-order valence-electron chi connectivity index (χ3n) is 10.6.